The molecule has 0 spiro atoms. The summed E-state index contributed by atoms with van der Waals surface area (Å²) in [5.41, 5.74) is -0.0777. The molecule has 0 saturated heterocycles. The van der Waals surface area contributed by atoms with Crippen LogP contribution in [0.2, 0.25) is 0 Å². The summed E-state index contributed by atoms with van der Waals surface area (Å²) >= 11 is 0. The molecule has 1 aliphatic carbocycles. The molecular formula is C15H28O2. The second-order valence-electron chi connectivity index (χ2n) is 5.31. The number of unbranched alkanes of at least 4 members (excludes halogenated alkanes) is 1. The van der Waals surface area contributed by atoms with Gasteiger partial charge in [0, 0.05) is 12.5 Å². The molecule has 1 fully saturated rings. The van der Waals surface area contributed by atoms with Crippen molar-refractivity contribution < 1.29 is 9.47 Å². The lowest BCUT2D eigenvalue weighted by molar-refractivity contribution is -0.216. The van der Waals surface area contributed by atoms with Crippen molar-refractivity contribution in [3.05, 3.63) is 12.7 Å². The van der Waals surface area contributed by atoms with Gasteiger partial charge in [0.25, 0.3) is 0 Å². The van der Waals surface area contributed by atoms with E-state index in [4.69, 9.17) is 9.47 Å². The van der Waals surface area contributed by atoms with Crippen molar-refractivity contribution in [1.29, 1.82) is 0 Å². The molecule has 0 aromatic rings. The first-order valence-corrected chi connectivity index (χ1v) is 7.04. The highest BCUT2D eigenvalue weighted by Gasteiger charge is 2.37. The monoisotopic (exact) mass is 240 g/mol. The first kappa shape index (κ1) is 14.7. The third kappa shape index (κ3) is 4.44. The topological polar surface area (TPSA) is 18.5 Å². The van der Waals surface area contributed by atoms with Gasteiger partial charge in [0.2, 0.25) is 0 Å². The van der Waals surface area contributed by atoms with Crippen molar-refractivity contribution in [2.45, 2.75) is 71.2 Å². The first-order chi connectivity index (χ1) is 8.12. The summed E-state index contributed by atoms with van der Waals surface area (Å²) in [5.74, 6) is 0.466. The van der Waals surface area contributed by atoms with E-state index in [0.29, 0.717) is 5.92 Å². The van der Waals surface area contributed by atoms with Crippen LogP contribution < -0.4 is 0 Å². The molecule has 0 heterocycles. The maximum atomic E-state index is 6.14. The lowest BCUT2D eigenvalue weighted by Crippen LogP contribution is -2.42. The molecule has 2 nitrogen and oxygen atoms in total. The van der Waals surface area contributed by atoms with Crippen LogP contribution in [0.3, 0.4) is 0 Å². The van der Waals surface area contributed by atoms with E-state index in [9.17, 15) is 0 Å². The minimum Gasteiger partial charge on any atom is -0.353 e. The summed E-state index contributed by atoms with van der Waals surface area (Å²) in [4.78, 5) is 0. The summed E-state index contributed by atoms with van der Waals surface area (Å²) in [6, 6.07) is 0. The SMILES string of the molecule is C=CC1CCCCC1(C)OC(C)OCCCC. The summed E-state index contributed by atoms with van der Waals surface area (Å²) in [7, 11) is 0. The summed E-state index contributed by atoms with van der Waals surface area (Å²) in [5, 5.41) is 0. The maximum Gasteiger partial charge on any atom is 0.155 e. The van der Waals surface area contributed by atoms with Gasteiger partial charge < -0.3 is 9.47 Å². The van der Waals surface area contributed by atoms with Crippen LogP contribution in [0.1, 0.15) is 59.3 Å². The normalized spacial score (nSPS) is 31.1. The molecule has 3 unspecified atom stereocenters. The third-order valence-corrected chi connectivity index (χ3v) is 3.79. The Morgan fingerprint density at radius 3 is 2.88 bits per heavy atom. The third-order valence-electron chi connectivity index (χ3n) is 3.79. The quantitative estimate of drug-likeness (QED) is 0.375. The fourth-order valence-corrected chi connectivity index (χ4v) is 2.65. The minimum absolute atomic E-state index is 0.0777. The molecule has 0 N–H and O–H groups in total. The Hall–Kier alpha value is -0.340. The second-order valence-corrected chi connectivity index (χ2v) is 5.31. The van der Waals surface area contributed by atoms with E-state index >= 15 is 0 Å². The van der Waals surface area contributed by atoms with Crippen molar-refractivity contribution in [3.8, 4) is 0 Å². The van der Waals surface area contributed by atoms with Gasteiger partial charge in [-0.05, 0) is 33.1 Å². The highest BCUT2D eigenvalue weighted by molar-refractivity contribution is 4.97. The predicted octanol–water partition coefficient (Wildman–Crippen LogP) is 4.30. The Morgan fingerprint density at radius 2 is 2.24 bits per heavy atom. The molecule has 100 valence electrons. The van der Waals surface area contributed by atoms with E-state index in [1.54, 1.807) is 0 Å². The smallest absolute Gasteiger partial charge is 0.155 e. The summed E-state index contributed by atoms with van der Waals surface area (Å²) < 4.78 is 11.8. The van der Waals surface area contributed by atoms with Gasteiger partial charge in [0.1, 0.15) is 0 Å². The lowest BCUT2D eigenvalue weighted by Gasteiger charge is -2.41. The summed E-state index contributed by atoms with van der Waals surface area (Å²) in [6.45, 7) is 11.1. The Labute approximate surface area is 106 Å². The highest BCUT2D eigenvalue weighted by atomic mass is 16.7. The van der Waals surface area contributed by atoms with Crippen LogP contribution in [-0.2, 0) is 9.47 Å². The average Bonchev–Trinajstić information content (AvgIpc) is 2.29. The average molecular weight is 240 g/mol. The predicted molar refractivity (Wildman–Crippen MR) is 72.0 cm³/mol. The zero-order valence-corrected chi connectivity index (χ0v) is 11.7. The van der Waals surface area contributed by atoms with E-state index in [2.05, 4.69) is 26.5 Å². The van der Waals surface area contributed by atoms with Crippen LogP contribution >= 0.6 is 0 Å². The molecule has 1 rings (SSSR count). The van der Waals surface area contributed by atoms with Gasteiger partial charge in [-0.1, -0.05) is 32.3 Å². The molecule has 2 heteroatoms. The second kappa shape index (κ2) is 7.17. The fraction of sp³-hybridized carbons (Fsp3) is 0.867. The summed E-state index contributed by atoms with van der Waals surface area (Å²) in [6.07, 6.45) is 9.08. The Bertz CT molecular complexity index is 227. The van der Waals surface area contributed by atoms with Gasteiger partial charge >= 0.3 is 0 Å². The van der Waals surface area contributed by atoms with E-state index < -0.39 is 0 Å². The Morgan fingerprint density at radius 1 is 1.47 bits per heavy atom. The largest absolute Gasteiger partial charge is 0.353 e. The molecule has 0 bridgehead atoms. The molecule has 1 saturated carbocycles. The molecule has 0 amide bonds. The lowest BCUT2D eigenvalue weighted by atomic mass is 9.76. The molecule has 1 aliphatic rings. The van der Waals surface area contributed by atoms with Crippen LogP contribution in [0.4, 0.5) is 0 Å². The van der Waals surface area contributed by atoms with Crippen molar-refractivity contribution in [2.24, 2.45) is 5.92 Å². The molecule has 0 aromatic carbocycles. The van der Waals surface area contributed by atoms with E-state index in [0.717, 1.165) is 19.4 Å². The van der Waals surface area contributed by atoms with E-state index in [1.165, 1.54) is 25.7 Å². The number of hydrogen-bond donors (Lipinski definition) is 0. The van der Waals surface area contributed by atoms with Crippen LogP contribution in [0.5, 0.6) is 0 Å². The molecule has 0 aromatic heterocycles. The molecule has 0 radical (unpaired) electrons. The first-order valence-electron chi connectivity index (χ1n) is 7.04. The number of hydrogen-bond acceptors (Lipinski definition) is 2. The van der Waals surface area contributed by atoms with Crippen molar-refractivity contribution >= 4 is 0 Å². The van der Waals surface area contributed by atoms with Crippen LogP contribution in [-0.4, -0.2) is 18.5 Å². The molecular weight excluding hydrogens is 212 g/mol. The van der Waals surface area contributed by atoms with Gasteiger partial charge in [0.15, 0.2) is 6.29 Å². The van der Waals surface area contributed by atoms with Crippen molar-refractivity contribution in [1.82, 2.24) is 0 Å². The standard InChI is InChI=1S/C15H28O2/c1-5-7-12-16-13(3)17-15(4)11-9-8-10-14(15)6-2/h6,13-14H,2,5,7-12H2,1,3-4H3. The zero-order valence-electron chi connectivity index (χ0n) is 11.7. The van der Waals surface area contributed by atoms with E-state index in [1.807, 2.05) is 6.92 Å². The van der Waals surface area contributed by atoms with Gasteiger partial charge in [-0.3, -0.25) is 0 Å². The van der Waals surface area contributed by atoms with Gasteiger partial charge in [-0.15, -0.1) is 6.58 Å². The van der Waals surface area contributed by atoms with Crippen molar-refractivity contribution in [3.63, 3.8) is 0 Å². The fourth-order valence-electron chi connectivity index (χ4n) is 2.65. The van der Waals surface area contributed by atoms with Gasteiger partial charge in [-0.25, -0.2) is 0 Å². The number of rotatable bonds is 7. The van der Waals surface area contributed by atoms with Gasteiger partial charge in [-0.2, -0.15) is 0 Å². The molecule has 17 heavy (non-hydrogen) atoms. The highest BCUT2D eigenvalue weighted by Crippen LogP contribution is 2.38. The number of ether oxygens (including phenoxy) is 2. The Kier molecular flexibility index (Phi) is 6.21. The van der Waals surface area contributed by atoms with Crippen LogP contribution in [0, 0.1) is 5.92 Å². The molecule has 3 atom stereocenters. The van der Waals surface area contributed by atoms with Crippen LogP contribution in [0.15, 0.2) is 12.7 Å². The molecule has 0 aliphatic heterocycles. The van der Waals surface area contributed by atoms with Gasteiger partial charge in [0.05, 0.1) is 5.60 Å². The van der Waals surface area contributed by atoms with Crippen LogP contribution in [0.25, 0.3) is 0 Å². The Balaban J connectivity index is 2.42. The van der Waals surface area contributed by atoms with E-state index in [-0.39, 0.29) is 11.9 Å². The zero-order chi connectivity index (χ0) is 12.7. The maximum absolute atomic E-state index is 6.14. The minimum atomic E-state index is -0.105. The van der Waals surface area contributed by atoms with Crippen molar-refractivity contribution in [2.75, 3.05) is 6.61 Å².